The van der Waals surface area contributed by atoms with Gasteiger partial charge in [0.05, 0.1) is 43.2 Å². The summed E-state index contributed by atoms with van der Waals surface area (Å²) in [6, 6.07) is 7.30. The highest BCUT2D eigenvalue weighted by atomic mass is 35.5. The highest BCUT2D eigenvalue weighted by Gasteiger charge is 2.24. The maximum absolute atomic E-state index is 6.70. The second-order valence-corrected chi connectivity index (χ2v) is 8.34. The van der Waals surface area contributed by atoms with Gasteiger partial charge in [-0.2, -0.15) is 0 Å². The second kappa shape index (κ2) is 9.58. The van der Waals surface area contributed by atoms with Crippen molar-refractivity contribution in [3.05, 3.63) is 52.9 Å². The predicted molar refractivity (Wildman–Crippen MR) is 132 cm³/mol. The van der Waals surface area contributed by atoms with E-state index in [1.807, 2.05) is 18.2 Å². The molecule has 1 fully saturated rings. The van der Waals surface area contributed by atoms with E-state index in [0.29, 0.717) is 70.7 Å². The number of anilines is 1. The lowest BCUT2D eigenvalue weighted by Crippen LogP contribution is -2.37. The molecular weight excluding hydrogens is 477 g/mol. The predicted octanol–water partition coefficient (Wildman–Crippen LogP) is 4.91. The Morgan fingerprint density at radius 3 is 2.35 bits per heavy atom. The van der Waals surface area contributed by atoms with E-state index in [1.165, 1.54) is 0 Å². The number of aromatic nitrogens is 4. The molecular formula is C24H21Cl2N5O3. The van der Waals surface area contributed by atoms with Crippen LogP contribution in [-0.4, -0.2) is 60.5 Å². The lowest BCUT2D eigenvalue weighted by molar-refractivity contribution is 0.122. The summed E-state index contributed by atoms with van der Waals surface area (Å²) in [6.07, 6.45) is 5.23. The number of ether oxygens (including phenoxy) is 3. The summed E-state index contributed by atoms with van der Waals surface area (Å²) in [5.41, 5.74) is 2.64. The average Bonchev–Trinajstić information content (AvgIpc) is 2.89. The van der Waals surface area contributed by atoms with Gasteiger partial charge in [-0.1, -0.05) is 23.2 Å². The van der Waals surface area contributed by atoms with Crippen molar-refractivity contribution in [2.45, 2.75) is 0 Å². The normalized spacial score (nSPS) is 13.8. The van der Waals surface area contributed by atoms with Gasteiger partial charge < -0.3 is 19.1 Å². The van der Waals surface area contributed by atoms with Crippen molar-refractivity contribution in [2.75, 3.05) is 45.4 Å². The first kappa shape index (κ1) is 22.6. The third-order valence-corrected chi connectivity index (χ3v) is 6.36. The lowest BCUT2D eigenvalue weighted by Gasteiger charge is -2.29. The first-order valence-corrected chi connectivity index (χ1v) is 11.4. The highest BCUT2D eigenvalue weighted by molar-refractivity contribution is 6.41. The van der Waals surface area contributed by atoms with Gasteiger partial charge in [0.2, 0.25) is 0 Å². The molecule has 1 aliphatic heterocycles. The molecule has 0 unspecified atom stereocenters. The zero-order valence-electron chi connectivity index (χ0n) is 18.6. The number of morpholine rings is 1. The zero-order valence-corrected chi connectivity index (χ0v) is 20.1. The Balaban J connectivity index is 1.75. The topological polar surface area (TPSA) is 82.5 Å². The molecule has 1 aliphatic rings. The van der Waals surface area contributed by atoms with E-state index in [1.54, 1.807) is 38.9 Å². The Kier molecular flexibility index (Phi) is 6.36. The van der Waals surface area contributed by atoms with Crippen molar-refractivity contribution in [1.82, 2.24) is 19.9 Å². The van der Waals surface area contributed by atoms with E-state index in [9.17, 15) is 0 Å². The Hall–Kier alpha value is -3.20. The molecule has 174 valence electrons. The van der Waals surface area contributed by atoms with Gasteiger partial charge in [0.15, 0.2) is 11.6 Å². The molecule has 34 heavy (non-hydrogen) atoms. The van der Waals surface area contributed by atoms with Crippen LogP contribution in [0.2, 0.25) is 10.0 Å². The fourth-order valence-electron chi connectivity index (χ4n) is 3.89. The van der Waals surface area contributed by atoms with E-state index in [-0.39, 0.29) is 0 Å². The van der Waals surface area contributed by atoms with Gasteiger partial charge in [0, 0.05) is 54.3 Å². The van der Waals surface area contributed by atoms with Gasteiger partial charge in [-0.05, 0) is 18.2 Å². The highest BCUT2D eigenvalue weighted by Crippen LogP contribution is 2.46. The molecule has 10 heteroatoms. The number of hydrogen-bond donors (Lipinski definition) is 0. The first-order chi connectivity index (χ1) is 16.6. The fourth-order valence-corrected chi connectivity index (χ4v) is 4.59. The maximum atomic E-state index is 6.70. The number of hydrogen-bond acceptors (Lipinski definition) is 8. The van der Waals surface area contributed by atoms with Crippen LogP contribution in [0.15, 0.2) is 42.9 Å². The minimum atomic E-state index is 0.348. The molecule has 4 aromatic rings. The SMILES string of the molecule is COc1cc(OC)c(Cl)c(-c2cc3cnc(-c4cccnc4)nc3c(N3CCOCC3)n2)c1Cl. The molecule has 0 N–H and O–H groups in total. The largest absolute Gasteiger partial charge is 0.495 e. The Labute approximate surface area is 206 Å². The van der Waals surface area contributed by atoms with Crippen molar-refractivity contribution in [3.8, 4) is 34.1 Å². The van der Waals surface area contributed by atoms with E-state index >= 15 is 0 Å². The van der Waals surface area contributed by atoms with Crippen molar-refractivity contribution in [2.24, 2.45) is 0 Å². The number of benzene rings is 1. The molecule has 1 saturated heterocycles. The molecule has 0 aliphatic carbocycles. The van der Waals surface area contributed by atoms with Crippen LogP contribution >= 0.6 is 23.2 Å². The quantitative estimate of drug-likeness (QED) is 0.384. The number of halogens is 2. The molecule has 0 spiro atoms. The summed E-state index contributed by atoms with van der Waals surface area (Å²) < 4.78 is 16.4. The van der Waals surface area contributed by atoms with Crippen molar-refractivity contribution in [1.29, 1.82) is 0 Å². The van der Waals surface area contributed by atoms with Crippen molar-refractivity contribution in [3.63, 3.8) is 0 Å². The summed E-state index contributed by atoms with van der Waals surface area (Å²) in [4.78, 5) is 20.7. The summed E-state index contributed by atoms with van der Waals surface area (Å²) in [7, 11) is 3.08. The Bertz CT molecular complexity index is 1320. The van der Waals surface area contributed by atoms with E-state index in [4.69, 9.17) is 47.4 Å². The van der Waals surface area contributed by atoms with Gasteiger partial charge in [-0.15, -0.1) is 0 Å². The van der Waals surface area contributed by atoms with Gasteiger partial charge in [0.1, 0.15) is 17.0 Å². The van der Waals surface area contributed by atoms with E-state index in [2.05, 4.69) is 14.9 Å². The third kappa shape index (κ3) is 4.09. The smallest absolute Gasteiger partial charge is 0.161 e. The molecule has 1 aromatic carbocycles. The molecule has 0 amide bonds. The number of nitrogens with zero attached hydrogens (tertiary/aromatic N) is 5. The number of methoxy groups -OCH3 is 2. The summed E-state index contributed by atoms with van der Waals surface area (Å²) in [5, 5.41) is 1.50. The fraction of sp³-hybridized carbons (Fsp3) is 0.250. The summed E-state index contributed by atoms with van der Waals surface area (Å²) in [5.74, 6) is 2.16. The van der Waals surface area contributed by atoms with Gasteiger partial charge >= 0.3 is 0 Å². The van der Waals surface area contributed by atoms with Crippen LogP contribution in [0.1, 0.15) is 0 Å². The van der Waals surface area contributed by atoms with Crippen molar-refractivity contribution < 1.29 is 14.2 Å². The van der Waals surface area contributed by atoms with Gasteiger partial charge in [-0.3, -0.25) is 4.98 Å². The van der Waals surface area contributed by atoms with Crippen LogP contribution in [-0.2, 0) is 4.74 Å². The van der Waals surface area contributed by atoms with Crippen LogP contribution in [0, 0.1) is 0 Å². The molecule has 5 rings (SSSR count). The first-order valence-electron chi connectivity index (χ1n) is 10.6. The van der Waals surface area contributed by atoms with Gasteiger partial charge in [-0.25, -0.2) is 15.0 Å². The Morgan fingerprint density at radius 1 is 0.971 bits per heavy atom. The molecule has 3 aromatic heterocycles. The van der Waals surface area contributed by atoms with Gasteiger partial charge in [0.25, 0.3) is 0 Å². The monoisotopic (exact) mass is 497 g/mol. The zero-order chi connectivity index (χ0) is 23.7. The number of fused-ring (bicyclic) bond motifs is 1. The van der Waals surface area contributed by atoms with Crippen LogP contribution in [0.4, 0.5) is 5.82 Å². The van der Waals surface area contributed by atoms with E-state index < -0.39 is 0 Å². The third-order valence-electron chi connectivity index (χ3n) is 5.61. The van der Waals surface area contributed by atoms with Crippen LogP contribution in [0.25, 0.3) is 33.5 Å². The van der Waals surface area contributed by atoms with Crippen LogP contribution in [0.5, 0.6) is 11.5 Å². The summed E-state index contributed by atoms with van der Waals surface area (Å²) in [6.45, 7) is 2.56. The minimum Gasteiger partial charge on any atom is -0.495 e. The summed E-state index contributed by atoms with van der Waals surface area (Å²) >= 11 is 13.4. The lowest BCUT2D eigenvalue weighted by atomic mass is 10.1. The molecule has 0 radical (unpaired) electrons. The van der Waals surface area contributed by atoms with Crippen LogP contribution < -0.4 is 14.4 Å². The molecule has 8 nitrogen and oxygen atoms in total. The molecule has 0 atom stereocenters. The molecule has 0 bridgehead atoms. The van der Waals surface area contributed by atoms with Crippen LogP contribution in [0.3, 0.4) is 0 Å². The standard InChI is InChI=1S/C24H21Cl2N5O3/c1-32-17-11-18(33-2)21(26)19(20(17)25)16-10-15-13-28-23(14-4-3-5-27-12-14)30-22(15)24(29-16)31-6-8-34-9-7-31/h3-5,10-13H,6-9H2,1-2H3. The van der Waals surface area contributed by atoms with Crippen molar-refractivity contribution >= 4 is 39.9 Å². The molecule has 4 heterocycles. The number of rotatable bonds is 5. The maximum Gasteiger partial charge on any atom is 0.161 e. The van der Waals surface area contributed by atoms with E-state index in [0.717, 1.165) is 16.5 Å². The minimum absolute atomic E-state index is 0.348. The number of pyridine rings is 2. The average molecular weight is 498 g/mol. The molecule has 0 saturated carbocycles. The Morgan fingerprint density at radius 2 is 1.71 bits per heavy atom. The second-order valence-electron chi connectivity index (χ2n) is 7.59.